The summed E-state index contributed by atoms with van der Waals surface area (Å²) in [6, 6.07) is 15.7. The number of hydrogen-bond acceptors (Lipinski definition) is 7. The van der Waals surface area contributed by atoms with Gasteiger partial charge in [-0.05, 0) is 49.7 Å². The molecule has 0 atom stereocenters. The molecule has 1 aliphatic rings. The molecule has 3 N–H and O–H groups in total. The van der Waals surface area contributed by atoms with Crippen LogP contribution in [0.25, 0.3) is 0 Å². The molecule has 2 aromatic heterocycles. The Balaban J connectivity index is 1.30. The van der Waals surface area contributed by atoms with E-state index in [1.165, 1.54) is 0 Å². The Kier molecular flexibility index (Phi) is 8.52. The number of amides is 2. The Morgan fingerprint density at radius 2 is 1.86 bits per heavy atom. The van der Waals surface area contributed by atoms with Crippen molar-refractivity contribution >= 4 is 23.5 Å². The topological polar surface area (TPSA) is 120 Å². The first kappa shape index (κ1) is 25.9. The molecule has 10 nitrogen and oxygen atoms in total. The fourth-order valence-electron chi connectivity index (χ4n) is 4.20. The summed E-state index contributed by atoms with van der Waals surface area (Å²) in [7, 11) is 0. The summed E-state index contributed by atoms with van der Waals surface area (Å²) in [5.74, 6) is 2.04. The van der Waals surface area contributed by atoms with Crippen LogP contribution in [0.2, 0.25) is 0 Å². The van der Waals surface area contributed by atoms with Crippen LogP contribution in [-0.4, -0.2) is 69.6 Å². The predicted molar refractivity (Wildman–Crippen MR) is 140 cm³/mol. The van der Waals surface area contributed by atoms with Gasteiger partial charge in [0.1, 0.15) is 17.3 Å². The number of carbonyl (C=O) groups is 2. The van der Waals surface area contributed by atoms with E-state index in [1.807, 2.05) is 50.2 Å². The molecule has 0 bridgehead atoms. The minimum atomic E-state index is -1.11. The molecule has 0 saturated carbocycles. The largest absolute Gasteiger partial charge is 0.465 e. The number of nitrogens with zero attached hydrogens (tertiary/aromatic N) is 4. The van der Waals surface area contributed by atoms with E-state index in [1.54, 1.807) is 11.1 Å². The molecule has 10 heteroatoms. The maximum Gasteiger partial charge on any atom is 0.404 e. The minimum absolute atomic E-state index is 0.0212. The zero-order valence-corrected chi connectivity index (χ0v) is 21.1. The molecule has 2 amide bonds. The third-order valence-electron chi connectivity index (χ3n) is 6.08. The van der Waals surface area contributed by atoms with Gasteiger partial charge in [-0.1, -0.05) is 12.1 Å². The monoisotopic (exact) mass is 504 g/mol. The Morgan fingerprint density at radius 1 is 1.05 bits per heavy atom. The first-order valence-electron chi connectivity index (χ1n) is 12.3. The van der Waals surface area contributed by atoms with Crippen LogP contribution in [0.4, 0.5) is 16.3 Å². The van der Waals surface area contributed by atoms with Crippen molar-refractivity contribution in [3.05, 3.63) is 71.7 Å². The summed E-state index contributed by atoms with van der Waals surface area (Å²) >= 11 is 0. The van der Waals surface area contributed by atoms with Crippen molar-refractivity contribution in [1.29, 1.82) is 0 Å². The van der Waals surface area contributed by atoms with Crippen LogP contribution in [-0.2, 0) is 11.3 Å². The summed E-state index contributed by atoms with van der Waals surface area (Å²) in [6.45, 7) is 7.59. The first-order chi connectivity index (χ1) is 17.9. The number of piperazine rings is 1. The van der Waals surface area contributed by atoms with Crippen LogP contribution in [0.15, 0.2) is 54.7 Å². The van der Waals surface area contributed by atoms with Gasteiger partial charge >= 0.3 is 6.09 Å². The molecule has 0 aliphatic carbocycles. The molecule has 194 valence electrons. The van der Waals surface area contributed by atoms with E-state index in [4.69, 9.17) is 9.84 Å². The van der Waals surface area contributed by atoms with Gasteiger partial charge in [0.05, 0.1) is 5.69 Å². The summed E-state index contributed by atoms with van der Waals surface area (Å²) < 4.78 is 6.02. The van der Waals surface area contributed by atoms with E-state index < -0.39 is 6.09 Å². The van der Waals surface area contributed by atoms with Crippen molar-refractivity contribution in [1.82, 2.24) is 25.1 Å². The maximum atomic E-state index is 12.3. The van der Waals surface area contributed by atoms with Gasteiger partial charge in [-0.3, -0.25) is 14.7 Å². The SMILES string of the molecule is Cc1ccc(Oc2ccnc(Nc3cccc(CN4CCN(C(=O)CCNC(=O)O)CC4)c3)c2)c(C)n1. The van der Waals surface area contributed by atoms with Gasteiger partial charge in [-0.2, -0.15) is 0 Å². The number of pyridine rings is 2. The summed E-state index contributed by atoms with van der Waals surface area (Å²) in [6.07, 6.45) is 0.778. The van der Waals surface area contributed by atoms with E-state index in [-0.39, 0.29) is 18.9 Å². The van der Waals surface area contributed by atoms with Crippen LogP contribution in [0, 0.1) is 13.8 Å². The lowest BCUT2D eigenvalue weighted by molar-refractivity contribution is -0.132. The third kappa shape index (κ3) is 7.65. The van der Waals surface area contributed by atoms with Crippen molar-refractivity contribution in [3.8, 4) is 11.5 Å². The number of ether oxygens (including phenoxy) is 1. The highest BCUT2D eigenvalue weighted by Crippen LogP contribution is 2.26. The third-order valence-corrected chi connectivity index (χ3v) is 6.08. The van der Waals surface area contributed by atoms with Gasteiger partial charge in [0.25, 0.3) is 0 Å². The van der Waals surface area contributed by atoms with Crippen LogP contribution in [0.5, 0.6) is 11.5 Å². The number of benzene rings is 1. The number of carbonyl (C=O) groups excluding carboxylic acids is 1. The van der Waals surface area contributed by atoms with Crippen LogP contribution >= 0.6 is 0 Å². The molecule has 0 spiro atoms. The first-order valence-corrected chi connectivity index (χ1v) is 12.3. The molecule has 3 aromatic rings. The molecule has 3 heterocycles. The van der Waals surface area contributed by atoms with Crippen molar-refractivity contribution in [2.45, 2.75) is 26.8 Å². The van der Waals surface area contributed by atoms with Gasteiger partial charge in [0, 0.05) is 69.3 Å². The minimum Gasteiger partial charge on any atom is -0.465 e. The molecule has 37 heavy (non-hydrogen) atoms. The molecule has 1 aromatic carbocycles. The predicted octanol–water partition coefficient (Wildman–Crippen LogP) is 3.93. The van der Waals surface area contributed by atoms with E-state index in [2.05, 4.69) is 37.6 Å². The molecule has 0 radical (unpaired) electrons. The second-order valence-corrected chi connectivity index (χ2v) is 8.98. The van der Waals surface area contributed by atoms with E-state index in [9.17, 15) is 9.59 Å². The van der Waals surface area contributed by atoms with Crippen LogP contribution in [0.3, 0.4) is 0 Å². The lowest BCUT2D eigenvalue weighted by atomic mass is 10.1. The maximum absolute atomic E-state index is 12.3. The normalized spacial score (nSPS) is 13.7. The average molecular weight is 505 g/mol. The molecule has 0 unspecified atom stereocenters. The van der Waals surface area contributed by atoms with E-state index in [0.717, 1.165) is 42.3 Å². The number of nitrogens with one attached hydrogen (secondary N) is 2. The van der Waals surface area contributed by atoms with Crippen LogP contribution < -0.4 is 15.4 Å². The molecule has 1 aliphatic heterocycles. The highest BCUT2D eigenvalue weighted by atomic mass is 16.5. The standard InChI is InChI=1S/C27H32N6O4/c1-19-6-7-24(20(2)30-19)37-23-8-10-28-25(17-23)31-22-5-3-4-21(16-22)18-32-12-14-33(15-13-32)26(34)9-11-29-27(35)36/h3-8,10,16-17,29H,9,11-15,18H2,1-2H3,(H,28,31)(H,35,36). The Morgan fingerprint density at radius 3 is 2.62 bits per heavy atom. The Hall–Kier alpha value is -4.18. The fourth-order valence-corrected chi connectivity index (χ4v) is 4.20. The molecule has 4 rings (SSSR count). The average Bonchev–Trinajstić information content (AvgIpc) is 2.86. The zero-order valence-electron chi connectivity index (χ0n) is 21.1. The molecule has 1 fully saturated rings. The van der Waals surface area contributed by atoms with Crippen LogP contribution in [0.1, 0.15) is 23.4 Å². The van der Waals surface area contributed by atoms with E-state index in [0.29, 0.717) is 30.4 Å². The number of anilines is 2. The van der Waals surface area contributed by atoms with Gasteiger partial charge in [-0.15, -0.1) is 0 Å². The van der Waals surface area contributed by atoms with E-state index >= 15 is 0 Å². The van der Waals surface area contributed by atoms with Gasteiger partial charge in [-0.25, -0.2) is 9.78 Å². The summed E-state index contributed by atoms with van der Waals surface area (Å²) in [5, 5.41) is 14.2. The van der Waals surface area contributed by atoms with Gasteiger partial charge in [0.15, 0.2) is 0 Å². The highest BCUT2D eigenvalue weighted by molar-refractivity contribution is 5.77. The van der Waals surface area contributed by atoms with Crippen molar-refractivity contribution in [2.75, 3.05) is 38.0 Å². The number of aryl methyl sites for hydroxylation is 2. The number of hydrogen-bond donors (Lipinski definition) is 3. The zero-order chi connectivity index (χ0) is 26.2. The molecule has 1 saturated heterocycles. The Bertz CT molecular complexity index is 1240. The number of carboxylic acid groups (broad SMARTS) is 1. The molecular weight excluding hydrogens is 472 g/mol. The number of rotatable bonds is 9. The van der Waals surface area contributed by atoms with Crippen molar-refractivity contribution in [2.24, 2.45) is 0 Å². The van der Waals surface area contributed by atoms with Crippen molar-refractivity contribution < 1.29 is 19.4 Å². The lowest BCUT2D eigenvalue weighted by Crippen LogP contribution is -2.48. The number of aromatic nitrogens is 2. The fraction of sp³-hybridized carbons (Fsp3) is 0.333. The lowest BCUT2D eigenvalue weighted by Gasteiger charge is -2.34. The smallest absolute Gasteiger partial charge is 0.404 e. The van der Waals surface area contributed by atoms with Gasteiger partial charge in [0.2, 0.25) is 5.91 Å². The van der Waals surface area contributed by atoms with Gasteiger partial charge < -0.3 is 25.4 Å². The van der Waals surface area contributed by atoms with Crippen molar-refractivity contribution in [3.63, 3.8) is 0 Å². The molecular formula is C27H32N6O4. The summed E-state index contributed by atoms with van der Waals surface area (Å²) in [5.41, 5.74) is 3.86. The quantitative estimate of drug-likeness (QED) is 0.401. The Labute approximate surface area is 216 Å². The second kappa shape index (κ2) is 12.2. The highest BCUT2D eigenvalue weighted by Gasteiger charge is 2.21. The second-order valence-electron chi connectivity index (χ2n) is 8.98. The summed E-state index contributed by atoms with van der Waals surface area (Å²) in [4.78, 5) is 35.8.